The zero-order valence-corrected chi connectivity index (χ0v) is 10.4. The molecule has 0 aromatic carbocycles. The number of amides is 4. The highest BCUT2D eigenvalue weighted by Crippen LogP contribution is 2.22. The van der Waals surface area contributed by atoms with Crippen molar-refractivity contribution in [3.8, 4) is 0 Å². The molecule has 2 heterocycles. The van der Waals surface area contributed by atoms with Crippen LogP contribution >= 0.6 is 0 Å². The smallest absolute Gasteiger partial charge is 0.333 e. The number of barbiturate groups is 1. The predicted molar refractivity (Wildman–Crippen MR) is 64.0 cm³/mol. The van der Waals surface area contributed by atoms with Gasteiger partial charge in [0.05, 0.1) is 5.70 Å². The van der Waals surface area contributed by atoms with Crippen molar-refractivity contribution in [2.75, 3.05) is 21.1 Å². The van der Waals surface area contributed by atoms with E-state index in [0.717, 1.165) is 9.80 Å². The van der Waals surface area contributed by atoms with E-state index >= 15 is 0 Å². The lowest BCUT2D eigenvalue weighted by Gasteiger charge is -2.31. The minimum atomic E-state index is -0.618. The molecule has 6 heteroatoms. The van der Waals surface area contributed by atoms with Gasteiger partial charge in [-0.05, 0) is 12.2 Å². The van der Waals surface area contributed by atoms with Crippen LogP contribution < -0.4 is 0 Å². The van der Waals surface area contributed by atoms with Crippen LogP contribution in [0.15, 0.2) is 35.7 Å². The van der Waals surface area contributed by atoms with E-state index < -0.39 is 17.8 Å². The van der Waals surface area contributed by atoms with Crippen molar-refractivity contribution in [1.82, 2.24) is 14.7 Å². The monoisotopic (exact) mass is 247 g/mol. The Balaban J connectivity index is 2.56. The number of hydrogen-bond donors (Lipinski definition) is 0. The molecule has 0 aromatic rings. The second-order valence-corrected chi connectivity index (χ2v) is 4.08. The third-order valence-electron chi connectivity index (χ3n) is 2.92. The van der Waals surface area contributed by atoms with Gasteiger partial charge in [-0.3, -0.25) is 19.4 Å². The Hall–Kier alpha value is -2.37. The third-order valence-corrected chi connectivity index (χ3v) is 2.92. The van der Waals surface area contributed by atoms with Gasteiger partial charge >= 0.3 is 6.03 Å². The topological polar surface area (TPSA) is 60.9 Å². The van der Waals surface area contributed by atoms with Crippen LogP contribution in [0.1, 0.15) is 0 Å². The fourth-order valence-corrected chi connectivity index (χ4v) is 1.83. The molecule has 4 amide bonds. The van der Waals surface area contributed by atoms with Gasteiger partial charge in [0, 0.05) is 27.3 Å². The quantitative estimate of drug-likeness (QED) is 0.456. The summed E-state index contributed by atoms with van der Waals surface area (Å²) in [7, 11) is 4.45. The number of allylic oxidation sites excluding steroid dienone is 3. The fourth-order valence-electron chi connectivity index (χ4n) is 1.83. The largest absolute Gasteiger partial charge is 0.350 e. The first-order valence-electron chi connectivity index (χ1n) is 5.37. The van der Waals surface area contributed by atoms with Crippen molar-refractivity contribution < 1.29 is 14.4 Å². The second kappa shape index (κ2) is 4.14. The van der Waals surface area contributed by atoms with E-state index in [2.05, 4.69) is 0 Å². The van der Waals surface area contributed by atoms with Crippen molar-refractivity contribution >= 4 is 17.8 Å². The molecule has 94 valence electrons. The Morgan fingerprint density at radius 2 is 1.44 bits per heavy atom. The number of nitrogens with zero attached hydrogens (tertiary/aromatic N) is 3. The lowest BCUT2D eigenvalue weighted by Crippen LogP contribution is -2.53. The molecule has 1 saturated heterocycles. The van der Waals surface area contributed by atoms with Gasteiger partial charge in [-0.1, -0.05) is 6.08 Å². The molecule has 18 heavy (non-hydrogen) atoms. The maximum Gasteiger partial charge on any atom is 0.333 e. The minimum absolute atomic E-state index is 0.00250. The SMILES string of the molecule is CN1C=CC=CC1=C1C(=O)N(C)C(=O)N(C)C1=O. The predicted octanol–water partition coefficient (Wildman–Crippen LogP) is 0.306. The highest BCUT2D eigenvalue weighted by atomic mass is 16.2. The molecular weight excluding hydrogens is 234 g/mol. The van der Waals surface area contributed by atoms with Crippen LogP contribution in [0.3, 0.4) is 0 Å². The third kappa shape index (κ3) is 1.62. The zero-order chi connectivity index (χ0) is 13.4. The number of carbonyl (C=O) groups excluding carboxylic acids is 3. The molecule has 0 radical (unpaired) electrons. The van der Waals surface area contributed by atoms with Gasteiger partial charge in [0.15, 0.2) is 0 Å². The Morgan fingerprint density at radius 3 is 1.94 bits per heavy atom. The van der Waals surface area contributed by atoms with Crippen LogP contribution in [0, 0.1) is 0 Å². The number of rotatable bonds is 0. The Kier molecular flexibility index (Phi) is 2.78. The van der Waals surface area contributed by atoms with Gasteiger partial charge < -0.3 is 4.90 Å². The maximum atomic E-state index is 12.1. The summed E-state index contributed by atoms with van der Waals surface area (Å²) in [4.78, 5) is 39.2. The number of likely N-dealkylation sites (N-methyl/N-ethyl adjacent to an activating group) is 3. The molecule has 0 unspecified atom stereocenters. The normalized spacial score (nSPS) is 20.4. The molecule has 2 aliphatic heterocycles. The van der Waals surface area contributed by atoms with Crippen molar-refractivity contribution in [1.29, 1.82) is 0 Å². The minimum Gasteiger partial charge on any atom is -0.350 e. The Labute approximate surface area is 104 Å². The van der Waals surface area contributed by atoms with E-state index in [1.807, 2.05) is 0 Å². The van der Waals surface area contributed by atoms with Gasteiger partial charge in [-0.15, -0.1) is 0 Å². The van der Waals surface area contributed by atoms with E-state index in [1.54, 1.807) is 36.4 Å². The molecule has 0 aromatic heterocycles. The molecule has 0 saturated carbocycles. The van der Waals surface area contributed by atoms with Gasteiger partial charge in [0.1, 0.15) is 5.57 Å². The summed E-state index contributed by atoms with van der Waals surface area (Å²) >= 11 is 0. The van der Waals surface area contributed by atoms with E-state index in [-0.39, 0.29) is 5.57 Å². The van der Waals surface area contributed by atoms with E-state index in [0.29, 0.717) is 5.70 Å². The van der Waals surface area contributed by atoms with Crippen LogP contribution in [0.2, 0.25) is 0 Å². The average molecular weight is 247 g/mol. The fraction of sp³-hybridized carbons (Fsp3) is 0.250. The summed E-state index contributed by atoms with van der Waals surface area (Å²) in [6.45, 7) is 0. The Morgan fingerprint density at radius 1 is 0.889 bits per heavy atom. The molecule has 1 fully saturated rings. The van der Waals surface area contributed by atoms with Crippen LogP contribution in [-0.2, 0) is 9.59 Å². The van der Waals surface area contributed by atoms with E-state index in [1.165, 1.54) is 14.1 Å². The molecule has 0 bridgehead atoms. The summed E-state index contributed by atoms with van der Waals surface area (Å²) in [6, 6.07) is -0.618. The molecule has 0 spiro atoms. The molecule has 2 aliphatic rings. The molecular formula is C12H13N3O3. The lowest BCUT2D eigenvalue weighted by atomic mass is 10.1. The number of urea groups is 1. The van der Waals surface area contributed by atoms with Gasteiger partial charge in [0.25, 0.3) is 11.8 Å². The molecule has 2 rings (SSSR count). The highest BCUT2D eigenvalue weighted by Gasteiger charge is 2.40. The van der Waals surface area contributed by atoms with Gasteiger partial charge in [-0.25, -0.2) is 4.79 Å². The summed E-state index contributed by atoms with van der Waals surface area (Å²) in [6.07, 6.45) is 6.93. The Bertz CT molecular complexity index is 505. The standard InChI is InChI=1S/C12H13N3O3/c1-13-7-5-4-6-8(13)9-10(16)14(2)12(18)15(3)11(9)17/h4-7H,1-3H3. The van der Waals surface area contributed by atoms with Crippen LogP contribution in [0.4, 0.5) is 4.79 Å². The summed E-state index contributed by atoms with van der Waals surface area (Å²) in [5.41, 5.74) is 0.487. The van der Waals surface area contributed by atoms with Crippen LogP contribution in [0.25, 0.3) is 0 Å². The molecule has 0 atom stereocenters. The number of carbonyl (C=O) groups is 3. The van der Waals surface area contributed by atoms with Gasteiger partial charge in [0.2, 0.25) is 0 Å². The number of hydrogen-bond acceptors (Lipinski definition) is 4. The van der Waals surface area contributed by atoms with Crippen molar-refractivity contribution in [3.63, 3.8) is 0 Å². The average Bonchev–Trinajstić information content (AvgIpc) is 2.36. The first kappa shape index (κ1) is 12.1. The van der Waals surface area contributed by atoms with Crippen molar-refractivity contribution in [3.05, 3.63) is 35.7 Å². The van der Waals surface area contributed by atoms with Crippen molar-refractivity contribution in [2.24, 2.45) is 0 Å². The molecule has 6 nitrogen and oxygen atoms in total. The highest BCUT2D eigenvalue weighted by molar-refractivity contribution is 6.29. The van der Waals surface area contributed by atoms with Crippen LogP contribution in [-0.4, -0.2) is 53.7 Å². The van der Waals surface area contributed by atoms with Crippen LogP contribution in [0.5, 0.6) is 0 Å². The maximum absolute atomic E-state index is 12.1. The zero-order valence-electron chi connectivity index (χ0n) is 10.4. The summed E-state index contributed by atoms with van der Waals surface area (Å²) in [5, 5.41) is 0. The molecule has 0 N–H and O–H groups in total. The summed E-state index contributed by atoms with van der Waals surface area (Å²) in [5.74, 6) is -1.16. The first-order valence-corrected chi connectivity index (χ1v) is 5.37. The number of imide groups is 2. The first-order chi connectivity index (χ1) is 8.45. The second-order valence-electron chi connectivity index (χ2n) is 4.08. The van der Waals surface area contributed by atoms with E-state index in [4.69, 9.17) is 0 Å². The molecule has 0 aliphatic carbocycles. The van der Waals surface area contributed by atoms with Gasteiger partial charge in [-0.2, -0.15) is 0 Å². The summed E-state index contributed by atoms with van der Waals surface area (Å²) < 4.78 is 0. The van der Waals surface area contributed by atoms with E-state index in [9.17, 15) is 14.4 Å². The van der Waals surface area contributed by atoms with Crippen molar-refractivity contribution in [2.45, 2.75) is 0 Å². The lowest BCUT2D eigenvalue weighted by molar-refractivity contribution is -0.134.